The number of amides is 1. The van der Waals surface area contributed by atoms with E-state index in [9.17, 15) is 22.8 Å². The van der Waals surface area contributed by atoms with Crippen LogP contribution in [0.2, 0.25) is 0 Å². The average molecular weight is 361 g/mol. The molecule has 0 aliphatic carbocycles. The Kier molecular flexibility index (Phi) is 8.80. The summed E-state index contributed by atoms with van der Waals surface area (Å²) >= 11 is 0. The number of esters is 1. The first kappa shape index (κ1) is 20.8. The minimum absolute atomic E-state index is 0.00798. The predicted molar refractivity (Wildman–Crippen MR) is 84.7 cm³/mol. The molecule has 0 heterocycles. The van der Waals surface area contributed by atoms with Gasteiger partial charge in [0.2, 0.25) is 0 Å². The number of nitrogens with one attached hydrogen (secondary N) is 1. The molecule has 0 aromatic heterocycles. The van der Waals surface area contributed by atoms with Gasteiger partial charge in [-0.25, -0.2) is 9.59 Å². The van der Waals surface area contributed by atoms with Crippen molar-refractivity contribution in [3.8, 4) is 0 Å². The molecule has 0 aliphatic heterocycles. The molecular formula is C17H22F3NO4. The second-order valence-electron chi connectivity index (χ2n) is 5.48. The lowest BCUT2D eigenvalue weighted by molar-refractivity contribution is -0.187. The van der Waals surface area contributed by atoms with E-state index in [2.05, 4.69) is 10.1 Å². The highest BCUT2D eigenvalue weighted by Crippen LogP contribution is 2.15. The second-order valence-corrected chi connectivity index (χ2v) is 5.48. The first-order chi connectivity index (χ1) is 11.8. The van der Waals surface area contributed by atoms with Gasteiger partial charge in [0, 0.05) is 0 Å². The number of ether oxygens (including phenoxy) is 2. The van der Waals surface area contributed by atoms with E-state index in [-0.39, 0.29) is 13.0 Å². The molecule has 0 saturated carbocycles. The Morgan fingerprint density at radius 2 is 1.80 bits per heavy atom. The van der Waals surface area contributed by atoms with Gasteiger partial charge in [-0.15, -0.1) is 0 Å². The number of benzene rings is 1. The van der Waals surface area contributed by atoms with Crippen LogP contribution in [0.4, 0.5) is 18.0 Å². The topological polar surface area (TPSA) is 64.6 Å². The number of rotatable bonds is 9. The number of unbranched alkanes of at least 4 members (excludes halogenated alkanes) is 2. The zero-order valence-electron chi connectivity index (χ0n) is 14.0. The van der Waals surface area contributed by atoms with E-state index < -0.39 is 30.9 Å². The van der Waals surface area contributed by atoms with Gasteiger partial charge in [-0.3, -0.25) is 0 Å². The van der Waals surface area contributed by atoms with E-state index in [1.807, 2.05) is 13.0 Å². The Bertz CT molecular complexity index is 534. The SMILES string of the molecule is CCCCC[C@H](NC(=O)OCc1ccccc1)C(=O)OCC(F)(F)F. The summed E-state index contributed by atoms with van der Waals surface area (Å²) in [5.41, 5.74) is 0.750. The van der Waals surface area contributed by atoms with Gasteiger partial charge in [0.1, 0.15) is 12.6 Å². The zero-order chi connectivity index (χ0) is 18.7. The molecule has 0 aliphatic rings. The standard InChI is InChI=1S/C17H22F3NO4/c1-2-3-5-10-14(15(22)25-12-17(18,19)20)21-16(23)24-11-13-8-6-4-7-9-13/h4,6-9,14H,2-3,5,10-12H2,1H3,(H,21,23)/t14-/m0/s1. The fraction of sp³-hybridized carbons (Fsp3) is 0.529. The quantitative estimate of drug-likeness (QED) is 0.534. The van der Waals surface area contributed by atoms with E-state index >= 15 is 0 Å². The number of hydrogen-bond acceptors (Lipinski definition) is 4. The Morgan fingerprint density at radius 3 is 2.40 bits per heavy atom. The van der Waals surface area contributed by atoms with Gasteiger partial charge >= 0.3 is 18.2 Å². The van der Waals surface area contributed by atoms with Crippen LogP contribution >= 0.6 is 0 Å². The average Bonchev–Trinajstić information content (AvgIpc) is 2.57. The van der Waals surface area contributed by atoms with Gasteiger partial charge in [-0.05, 0) is 12.0 Å². The van der Waals surface area contributed by atoms with E-state index in [0.29, 0.717) is 6.42 Å². The Morgan fingerprint density at radius 1 is 1.12 bits per heavy atom. The highest BCUT2D eigenvalue weighted by Gasteiger charge is 2.32. The maximum Gasteiger partial charge on any atom is 0.422 e. The molecule has 1 atom stereocenters. The lowest BCUT2D eigenvalue weighted by atomic mass is 10.1. The largest absolute Gasteiger partial charge is 0.455 e. The molecule has 0 saturated heterocycles. The summed E-state index contributed by atoms with van der Waals surface area (Å²) in [4.78, 5) is 23.6. The third-order valence-electron chi connectivity index (χ3n) is 3.26. The van der Waals surface area contributed by atoms with Crippen LogP contribution in [0.5, 0.6) is 0 Å². The summed E-state index contributed by atoms with van der Waals surface area (Å²) in [6, 6.07) is 7.70. The molecule has 25 heavy (non-hydrogen) atoms. The summed E-state index contributed by atoms with van der Waals surface area (Å²) in [5.74, 6) is -1.12. The Hall–Kier alpha value is -2.25. The van der Waals surface area contributed by atoms with E-state index in [1.54, 1.807) is 24.3 Å². The van der Waals surface area contributed by atoms with Crippen molar-refractivity contribution >= 4 is 12.1 Å². The predicted octanol–water partition coefficient (Wildman–Crippen LogP) is 3.97. The number of alkyl halides is 3. The minimum Gasteiger partial charge on any atom is -0.455 e. The van der Waals surface area contributed by atoms with Gasteiger partial charge in [-0.1, -0.05) is 56.5 Å². The smallest absolute Gasteiger partial charge is 0.422 e. The van der Waals surface area contributed by atoms with Crippen LogP contribution in [0.25, 0.3) is 0 Å². The number of carbonyl (C=O) groups excluding carboxylic acids is 2. The highest BCUT2D eigenvalue weighted by atomic mass is 19.4. The molecule has 140 valence electrons. The fourth-order valence-corrected chi connectivity index (χ4v) is 2.01. The summed E-state index contributed by atoms with van der Waals surface area (Å²) in [7, 11) is 0. The first-order valence-electron chi connectivity index (χ1n) is 8.02. The van der Waals surface area contributed by atoms with Crippen LogP contribution in [0, 0.1) is 0 Å². The summed E-state index contributed by atoms with van der Waals surface area (Å²) in [6.45, 7) is 0.251. The Labute approximate surface area is 144 Å². The number of carbonyl (C=O) groups is 2. The van der Waals surface area contributed by atoms with Gasteiger partial charge in [0.25, 0.3) is 0 Å². The molecule has 1 aromatic carbocycles. The molecule has 8 heteroatoms. The molecule has 1 rings (SSSR count). The van der Waals surface area contributed by atoms with Gasteiger partial charge < -0.3 is 14.8 Å². The van der Waals surface area contributed by atoms with Crippen LogP contribution < -0.4 is 5.32 Å². The maximum absolute atomic E-state index is 12.2. The van der Waals surface area contributed by atoms with Gasteiger partial charge in [-0.2, -0.15) is 13.2 Å². The second kappa shape index (κ2) is 10.6. The third-order valence-corrected chi connectivity index (χ3v) is 3.26. The van der Waals surface area contributed by atoms with Crippen molar-refractivity contribution in [2.45, 2.75) is 51.4 Å². The lowest BCUT2D eigenvalue weighted by Gasteiger charge is -2.18. The number of halogens is 3. The first-order valence-corrected chi connectivity index (χ1v) is 8.02. The van der Waals surface area contributed by atoms with Crippen molar-refractivity contribution < 1.29 is 32.2 Å². The number of alkyl carbamates (subject to hydrolysis) is 1. The van der Waals surface area contributed by atoms with Crippen LogP contribution in [-0.4, -0.2) is 30.9 Å². The summed E-state index contributed by atoms with van der Waals surface area (Å²) in [6.07, 6.45) is -3.09. The minimum atomic E-state index is -4.61. The van der Waals surface area contributed by atoms with Crippen LogP contribution in [0.15, 0.2) is 30.3 Å². The van der Waals surface area contributed by atoms with Crippen molar-refractivity contribution in [2.24, 2.45) is 0 Å². The van der Waals surface area contributed by atoms with Crippen molar-refractivity contribution in [1.29, 1.82) is 0 Å². The van der Waals surface area contributed by atoms with E-state index in [0.717, 1.165) is 18.4 Å². The van der Waals surface area contributed by atoms with Crippen LogP contribution in [0.3, 0.4) is 0 Å². The lowest BCUT2D eigenvalue weighted by Crippen LogP contribution is -2.43. The van der Waals surface area contributed by atoms with Gasteiger partial charge in [0.15, 0.2) is 6.61 Å². The van der Waals surface area contributed by atoms with Crippen molar-refractivity contribution in [2.75, 3.05) is 6.61 Å². The molecule has 0 unspecified atom stereocenters. The van der Waals surface area contributed by atoms with Crippen LogP contribution in [-0.2, 0) is 20.9 Å². The molecule has 0 spiro atoms. The molecule has 1 N–H and O–H groups in total. The fourth-order valence-electron chi connectivity index (χ4n) is 2.01. The van der Waals surface area contributed by atoms with Crippen molar-refractivity contribution in [1.82, 2.24) is 5.32 Å². The molecule has 1 aromatic rings. The molecule has 0 bridgehead atoms. The monoisotopic (exact) mass is 361 g/mol. The van der Waals surface area contributed by atoms with Crippen molar-refractivity contribution in [3.63, 3.8) is 0 Å². The van der Waals surface area contributed by atoms with Crippen molar-refractivity contribution in [3.05, 3.63) is 35.9 Å². The number of hydrogen-bond donors (Lipinski definition) is 1. The Balaban J connectivity index is 2.52. The van der Waals surface area contributed by atoms with Gasteiger partial charge in [0.05, 0.1) is 0 Å². The molecule has 0 radical (unpaired) electrons. The van der Waals surface area contributed by atoms with Crippen LogP contribution in [0.1, 0.15) is 38.2 Å². The molecule has 0 fully saturated rings. The molecule has 5 nitrogen and oxygen atoms in total. The summed E-state index contributed by atoms with van der Waals surface area (Å²) < 4.78 is 45.7. The molecular weight excluding hydrogens is 339 g/mol. The van der Waals surface area contributed by atoms with E-state index in [4.69, 9.17) is 4.74 Å². The normalized spacial score (nSPS) is 12.3. The van der Waals surface area contributed by atoms with E-state index in [1.165, 1.54) is 0 Å². The highest BCUT2D eigenvalue weighted by molar-refractivity contribution is 5.81. The maximum atomic E-state index is 12.2. The zero-order valence-corrected chi connectivity index (χ0v) is 14.0. The third kappa shape index (κ3) is 9.59. The molecule has 1 amide bonds. The summed E-state index contributed by atoms with van der Waals surface area (Å²) in [5, 5.41) is 2.28.